The molecule has 1 N–H and O–H groups in total. The zero-order valence-corrected chi connectivity index (χ0v) is 8.59. The zero-order chi connectivity index (χ0) is 10.4. The fourth-order valence-electron chi connectivity index (χ4n) is 1.80. The van der Waals surface area contributed by atoms with Crippen LogP contribution in [0.15, 0.2) is 0 Å². The van der Waals surface area contributed by atoms with Crippen LogP contribution < -0.4 is 5.32 Å². The Balaban J connectivity index is 2.29. The molecule has 0 spiro atoms. The molecule has 4 heteroatoms. The van der Waals surface area contributed by atoms with Gasteiger partial charge in [0, 0.05) is 6.42 Å². The van der Waals surface area contributed by atoms with Crippen LogP contribution in [-0.4, -0.2) is 32.3 Å². The van der Waals surface area contributed by atoms with E-state index in [1.54, 1.807) is 0 Å². The van der Waals surface area contributed by atoms with Crippen molar-refractivity contribution < 1.29 is 13.9 Å². The molecule has 0 aromatic carbocycles. The number of alkyl halides is 1. The second kappa shape index (κ2) is 5.96. The van der Waals surface area contributed by atoms with Crippen LogP contribution in [0.3, 0.4) is 0 Å². The van der Waals surface area contributed by atoms with Crippen molar-refractivity contribution in [1.29, 1.82) is 0 Å². The standard InChI is InChI=1S/C10H18FNO2/c1-14-10(13)3-2-8-4-6-12-7-5-9(8)11/h8-9,12H,2-7H2,1H3/t8-,9-/m1/s1. The summed E-state index contributed by atoms with van der Waals surface area (Å²) in [4.78, 5) is 10.9. The monoisotopic (exact) mass is 203 g/mol. The van der Waals surface area contributed by atoms with Gasteiger partial charge in [-0.1, -0.05) is 0 Å². The molecule has 0 saturated carbocycles. The van der Waals surface area contributed by atoms with E-state index in [0.29, 0.717) is 19.3 Å². The Kier molecular flexibility index (Phi) is 4.87. The lowest BCUT2D eigenvalue weighted by Gasteiger charge is -2.16. The molecule has 0 amide bonds. The molecule has 0 aliphatic carbocycles. The van der Waals surface area contributed by atoms with Gasteiger partial charge in [-0.25, -0.2) is 4.39 Å². The number of methoxy groups -OCH3 is 1. The van der Waals surface area contributed by atoms with E-state index in [0.717, 1.165) is 19.5 Å². The number of halogens is 1. The van der Waals surface area contributed by atoms with Gasteiger partial charge in [0.2, 0.25) is 0 Å². The van der Waals surface area contributed by atoms with E-state index >= 15 is 0 Å². The predicted molar refractivity (Wildman–Crippen MR) is 51.7 cm³/mol. The first-order chi connectivity index (χ1) is 6.74. The Bertz CT molecular complexity index is 187. The van der Waals surface area contributed by atoms with E-state index in [1.807, 2.05) is 0 Å². The van der Waals surface area contributed by atoms with E-state index in [4.69, 9.17) is 0 Å². The van der Waals surface area contributed by atoms with Gasteiger partial charge in [0.15, 0.2) is 0 Å². The molecular weight excluding hydrogens is 185 g/mol. The molecule has 2 atom stereocenters. The van der Waals surface area contributed by atoms with E-state index in [-0.39, 0.29) is 11.9 Å². The van der Waals surface area contributed by atoms with E-state index in [9.17, 15) is 9.18 Å². The molecule has 0 aromatic rings. The molecule has 14 heavy (non-hydrogen) atoms. The molecule has 0 aromatic heterocycles. The van der Waals surface area contributed by atoms with Gasteiger partial charge in [-0.2, -0.15) is 0 Å². The van der Waals surface area contributed by atoms with Gasteiger partial charge >= 0.3 is 5.97 Å². The Hall–Kier alpha value is -0.640. The number of hydrogen-bond donors (Lipinski definition) is 1. The topological polar surface area (TPSA) is 38.3 Å². The Morgan fingerprint density at radius 1 is 1.50 bits per heavy atom. The molecule has 1 aliphatic heterocycles. The van der Waals surface area contributed by atoms with Crippen LogP contribution in [0.25, 0.3) is 0 Å². The quantitative estimate of drug-likeness (QED) is 0.702. The maximum atomic E-state index is 13.5. The van der Waals surface area contributed by atoms with Crippen LogP contribution >= 0.6 is 0 Å². The summed E-state index contributed by atoms with van der Waals surface area (Å²) in [5, 5.41) is 3.15. The predicted octanol–water partition coefficient (Wildman–Crippen LogP) is 1.28. The fraction of sp³-hybridized carbons (Fsp3) is 0.900. The molecule has 0 radical (unpaired) electrons. The summed E-state index contributed by atoms with van der Waals surface area (Å²) in [5.74, 6) is -0.224. The fourth-order valence-corrected chi connectivity index (χ4v) is 1.80. The van der Waals surface area contributed by atoms with Crippen LogP contribution in [0.1, 0.15) is 25.7 Å². The number of carbonyl (C=O) groups is 1. The minimum atomic E-state index is -0.769. The summed E-state index contributed by atoms with van der Waals surface area (Å²) >= 11 is 0. The first-order valence-electron chi connectivity index (χ1n) is 5.15. The van der Waals surface area contributed by atoms with Crippen LogP contribution in [0.4, 0.5) is 4.39 Å². The number of ether oxygens (including phenoxy) is 1. The Morgan fingerprint density at radius 3 is 2.93 bits per heavy atom. The molecule has 0 unspecified atom stereocenters. The maximum Gasteiger partial charge on any atom is 0.305 e. The smallest absolute Gasteiger partial charge is 0.305 e. The molecule has 1 heterocycles. The number of nitrogens with one attached hydrogen (secondary N) is 1. The van der Waals surface area contributed by atoms with Gasteiger partial charge in [0.1, 0.15) is 6.17 Å². The van der Waals surface area contributed by atoms with Gasteiger partial charge in [-0.05, 0) is 38.3 Å². The summed E-state index contributed by atoms with van der Waals surface area (Å²) in [6, 6.07) is 0. The number of esters is 1. The molecular formula is C10H18FNO2. The first kappa shape index (κ1) is 11.4. The second-order valence-corrected chi connectivity index (χ2v) is 3.72. The number of rotatable bonds is 3. The SMILES string of the molecule is COC(=O)CC[C@@H]1CCNCC[C@H]1F. The van der Waals surface area contributed by atoms with Crippen LogP contribution in [0, 0.1) is 5.92 Å². The highest BCUT2D eigenvalue weighted by Gasteiger charge is 2.23. The van der Waals surface area contributed by atoms with Crippen molar-refractivity contribution in [3.63, 3.8) is 0 Å². The van der Waals surface area contributed by atoms with Gasteiger partial charge in [0.25, 0.3) is 0 Å². The van der Waals surface area contributed by atoms with Gasteiger partial charge in [-0.3, -0.25) is 4.79 Å². The minimum Gasteiger partial charge on any atom is -0.469 e. The van der Waals surface area contributed by atoms with Crippen molar-refractivity contribution in [3.8, 4) is 0 Å². The molecule has 1 saturated heterocycles. The highest BCUT2D eigenvalue weighted by molar-refractivity contribution is 5.69. The molecule has 3 nitrogen and oxygen atoms in total. The van der Waals surface area contributed by atoms with E-state index in [1.165, 1.54) is 7.11 Å². The van der Waals surface area contributed by atoms with Crippen LogP contribution in [0.5, 0.6) is 0 Å². The van der Waals surface area contributed by atoms with Crippen molar-refractivity contribution >= 4 is 5.97 Å². The number of carbonyl (C=O) groups excluding carboxylic acids is 1. The summed E-state index contributed by atoms with van der Waals surface area (Å²) in [5.41, 5.74) is 0. The van der Waals surface area contributed by atoms with Gasteiger partial charge in [-0.15, -0.1) is 0 Å². The Labute approximate surface area is 84.0 Å². The third kappa shape index (κ3) is 3.62. The van der Waals surface area contributed by atoms with Crippen LogP contribution in [0.2, 0.25) is 0 Å². The molecule has 1 aliphatic rings. The minimum absolute atomic E-state index is 0.0177. The summed E-state index contributed by atoms with van der Waals surface area (Å²) in [7, 11) is 1.36. The maximum absolute atomic E-state index is 13.5. The molecule has 82 valence electrons. The summed E-state index contributed by atoms with van der Waals surface area (Å²) < 4.78 is 18.0. The van der Waals surface area contributed by atoms with Gasteiger partial charge < -0.3 is 10.1 Å². The summed E-state index contributed by atoms with van der Waals surface area (Å²) in [6.45, 7) is 1.60. The highest BCUT2D eigenvalue weighted by atomic mass is 19.1. The zero-order valence-electron chi connectivity index (χ0n) is 8.59. The van der Waals surface area contributed by atoms with Crippen molar-refractivity contribution in [3.05, 3.63) is 0 Å². The van der Waals surface area contributed by atoms with Crippen molar-refractivity contribution in [1.82, 2.24) is 5.32 Å². The average Bonchev–Trinajstić information content (AvgIpc) is 2.39. The molecule has 1 fully saturated rings. The van der Waals surface area contributed by atoms with Crippen LogP contribution in [-0.2, 0) is 9.53 Å². The Morgan fingerprint density at radius 2 is 2.21 bits per heavy atom. The van der Waals surface area contributed by atoms with E-state index < -0.39 is 6.17 Å². The third-order valence-corrected chi connectivity index (χ3v) is 2.75. The lowest BCUT2D eigenvalue weighted by molar-refractivity contribution is -0.141. The van der Waals surface area contributed by atoms with Crippen molar-refractivity contribution in [2.75, 3.05) is 20.2 Å². The largest absolute Gasteiger partial charge is 0.469 e. The lowest BCUT2D eigenvalue weighted by atomic mass is 9.93. The van der Waals surface area contributed by atoms with Gasteiger partial charge in [0.05, 0.1) is 7.11 Å². The summed E-state index contributed by atoms with van der Waals surface area (Å²) in [6.07, 6.45) is 1.55. The van der Waals surface area contributed by atoms with E-state index in [2.05, 4.69) is 10.1 Å². The first-order valence-corrected chi connectivity index (χ1v) is 5.15. The lowest BCUT2D eigenvalue weighted by Crippen LogP contribution is -2.17. The van der Waals surface area contributed by atoms with Crippen molar-refractivity contribution in [2.24, 2.45) is 5.92 Å². The second-order valence-electron chi connectivity index (χ2n) is 3.72. The third-order valence-electron chi connectivity index (χ3n) is 2.75. The highest BCUT2D eigenvalue weighted by Crippen LogP contribution is 2.22. The average molecular weight is 203 g/mol. The molecule has 0 bridgehead atoms. The molecule has 1 rings (SSSR count). The normalized spacial score (nSPS) is 28.1. The number of hydrogen-bond acceptors (Lipinski definition) is 3. The van der Waals surface area contributed by atoms with Crippen molar-refractivity contribution in [2.45, 2.75) is 31.9 Å².